The summed E-state index contributed by atoms with van der Waals surface area (Å²) in [7, 11) is 1.87. The SMILES string of the molecule is Cn1cc(-c2cnc3nnn(Cc4ccc5ccnn5c4)c3n2)cn1. The molecule has 0 atom stereocenters. The van der Waals surface area contributed by atoms with Crippen LogP contribution in [0.4, 0.5) is 0 Å². The summed E-state index contributed by atoms with van der Waals surface area (Å²) in [4.78, 5) is 9.03. The molecular formula is C16H13N9. The van der Waals surface area contributed by atoms with E-state index >= 15 is 0 Å². The van der Waals surface area contributed by atoms with E-state index in [1.165, 1.54) is 0 Å². The summed E-state index contributed by atoms with van der Waals surface area (Å²) in [6.07, 6.45) is 9.09. The van der Waals surface area contributed by atoms with Crippen molar-refractivity contribution >= 4 is 16.8 Å². The second-order valence-corrected chi connectivity index (χ2v) is 5.79. The lowest BCUT2D eigenvalue weighted by molar-refractivity contribution is 0.660. The van der Waals surface area contributed by atoms with Gasteiger partial charge in [0.1, 0.15) is 0 Å². The standard InChI is InChI=1S/C16H13N9/c1-23-10-12(6-19-23)14-7-17-15-16(20-14)25(22-21-15)9-11-2-3-13-4-5-18-24(13)8-11/h2-8,10H,9H2,1H3. The minimum absolute atomic E-state index is 0.521. The molecule has 0 aliphatic heterocycles. The molecule has 5 aromatic rings. The van der Waals surface area contributed by atoms with Crippen molar-refractivity contribution in [2.45, 2.75) is 6.54 Å². The fourth-order valence-corrected chi connectivity index (χ4v) is 2.78. The summed E-state index contributed by atoms with van der Waals surface area (Å²) in [5, 5.41) is 16.7. The third-order valence-corrected chi connectivity index (χ3v) is 4.02. The van der Waals surface area contributed by atoms with Gasteiger partial charge in [-0.25, -0.2) is 19.2 Å². The fraction of sp³-hybridized carbons (Fsp3) is 0.125. The first-order valence-corrected chi connectivity index (χ1v) is 7.74. The van der Waals surface area contributed by atoms with Crippen LogP contribution in [0.25, 0.3) is 28.1 Å². The number of pyridine rings is 1. The molecule has 0 saturated heterocycles. The fourth-order valence-electron chi connectivity index (χ4n) is 2.78. The van der Waals surface area contributed by atoms with Crippen molar-refractivity contribution < 1.29 is 0 Å². The minimum atomic E-state index is 0.521. The number of hydrogen-bond acceptors (Lipinski definition) is 6. The normalized spacial score (nSPS) is 11.6. The number of fused-ring (bicyclic) bond motifs is 2. The molecule has 0 aromatic carbocycles. The molecule has 5 rings (SSSR count). The Morgan fingerprint density at radius 2 is 2.00 bits per heavy atom. The average molecular weight is 331 g/mol. The first-order valence-electron chi connectivity index (χ1n) is 7.74. The zero-order chi connectivity index (χ0) is 16.8. The van der Waals surface area contributed by atoms with Gasteiger partial charge in [-0.05, 0) is 17.7 Å². The van der Waals surface area contributed by atoms with Crippen LogP contribution in [0.15, 0.2) is 49.2 Å². The molecule has 0 radical (unpaired) electrons. The van der Waals surface area contributed by atoms with E-state index in [1.54, 1.807) is 28.0 Å². The zero-order valence-corrected chi connectivity index (χ0v) is 13.4. The van der Waals surface area contributed by atoms with E-state index in [2.05, 4.69) is 30.5 Å². The molecule has 0 fully saturated rings. The van der Waals surface area contributed by atoms with Gasteiger partial charge in [0.05, 0.1) is 30.1 Å². The van der Waals surface area contributed by atoms with E-state index in [0.717, 1.165) is 22.3 Å². The van der Waals surface area contributed by atoms with E-state index in [0.29, 0.717) is 17.8 Å². The Hall–Kier alpha value is -3.62. The van der Waals surface area contributed by atoms with Gasteiger partial charge < -0.3 is 0 Å². The quantitative estimate of drug-likeness (QED) is 0.495. The lowest BCUT2D eigenvalue weighted by atomic mass is 10.2. The lowest BCUT2D eigenvalue weighted by Gasteiger charge is -2.03. The molecule has 0 amide bonds. The number of aromatic nitrogens is 9. The van der Waals surface area contributed by atoms with Crippen LogP contribution >= 0.6 is 0 Å². The van der Waals surface area contributed by atoms with Crippen LogP contribution in [0.3, 0.4) is 0 Å². The average Bonchev–Trinajstić information content (AvgIpc) is 3.34. The van der Waals surface area contributed by atoms with Crippen LogP contribution < -0.4 is 0 Å². The predicted molar refractivity (Wildman–Crippen MR) is 89.6 cm³/mol. The summed E-state index contributed by atoms with van der Waals surface area (Å²) >= 11 is 0. The van der Waals surface area contributed by atoms with Gasteiger partial charge >= 0.3 is 0 Å². The van der Waals surface area contributed by atoms with Gasteiger partial charge in [0, 0.05) is 31.2 Å². The Kier molecular flexibility index (Phi) is 2.87. The summed E-state index contributed by atoms with van der Waals surface area (Å²) in [5.41, 5.74) is 4.91. The summed E-state index contributed by atoms with van der Waals surface area (Å²) in [6, 6.07) is 6.03. The van der Waals surface area contributed by atoms with Gasteiger partial charge in [0.2, 0.25) is 5.65 Å². The number of aryl methyl sites for hydroxylation is 1. The maximum atomic E-state index is 4.67. The van der Waals surface area contributed by atoms with E-state index < -0.39 is 0 Å². The smallest absolute Gasteiger partial charge is 0.221 e. The monoisotopic (exact) mass is 331 g/mol. The molecule has 25 heavy (non-hydrogen) atoms. The zero-order valence-electron chi connectivity index (χ0n) is 13.4. The molecule has 9 heteroatoms. The Morgan fingerprint density at radius 3 is 2.88 bits per heavy atom. The highest BCUT2D eigenvalue weighted by molar-refractivity contribution is 5.69. The van der Waals surface area contributed by atoms with E-state index in [1.807, 2.05) is 42.2 Å². The molecule has 0 spiro atoms. The highest BCUT2D eigenvalue weighted by atomic mass is 15.5. The third kappa shape index (κ3) is 2.33. The molecule has 0 aliphatic rings. The van der Waals surface area contributed by atoms with Gasteiger partial charge in [-0.15, -0.1) is 5.10 Å². The first kappa shape index (κ1) is 13.8. The lowest BCUT2D eigenvalue weighted by Crippen LogP contribution is -2.04. The van der Waals surface area contributed by atoms with Gasteiger partial charge in [-0.1, -0.05) is 11.3 Å². The van der Waals surface area contributed by atoms with Gasteiger partial charge in [0.15, 0.2) is 5.65 Å². The van der Waals surface area contributed by atoms with Crippen molar-refractivity contribution in [3.63, 3.8) is 0 Å². The number of rotatable bonds is 3. The van der Waals surface area contributed by atoms with Gasteiger partial charge in [-0.3, -0.25) is 4.68 Å². The topological polar surface area (TPSA) is 91.6 Å². The molecule has 122 valence electrons. The molecule has 0 saturated carbocycles. The number of nitrogens with zero attached hydrogens (tertiary/aromatic N) is 9. The molecule has 0 N–H and O–H groups in total. The summed E-state index contributed by atoms with van der Waals surface area (Å²) in [6.45, 7) is 0.539. The molecule has 9 nitrogen and oxygen atoms in total. The number of hydrogen-bond donors (Lipinski definition) is 0. The van der Waals surface area contributed by atoms with E-state index in [4.69, 9.17) is 0 Å². The Labute approximate surface area is 141 Å². The molecule has 5 heterocycles. The van der Waals surface area contributed by atoms with Crippen LogP contribution in [-0.2, 0) is 13.6 Å². The predicted octanol–water partition coefficient (Wildman–Crippen LogP) is 1.32. The second-order valence-electron chi connectivity index (χ2n) is 5.79. The Bertz CT molecular complexity index is 1200. The van der Waals surface area contributed by atoms with Crippen LogP contribution in [0.5, 0.6) is 0 Å². The van der Waals surface area contributed by atoms with E-state index in [9.17, 15) is 0 Å². The van der Waals surface area contributed by atoms with Crippen molar-refractivity contribution in [1.82, 2.24) is 44.4 Å². The van der Waals surface area contributed by atoms with Crippen LogP contribution in [-0.4, -0.2) is 44.4 Å². The highest BCUT2D eigenvalue weighted by Crippen LogP contribution is 2.18. The van der Waals surface area contributed by atoms with Crippen molar-refractivity contribution in [2.75, 3.05) is 0 Å². The summed E-state index contributed by atoms with van der Waals surface area (Å²) < 4.78 is 5.31. The largest absolute Gasteiger partial charge is 0.275 e. The molecule has 5 aromatic heterocycles. The molecule has 0 aliphatic carbocycles. The Balaban J connectivity index is 1.56. The van der Waals surface area contributed by atoms with E-state index in [-0.39, 0.29) is 0 Å². The van der Waals surface area contributed by atoms with Crippen LogP contribution in [0.1, 0.15) is 5.56 Å². The maximum absolute atomic E-state index is 4.67. The van der Waals surface area contributed by atoms with Crippen molar-refractivity contribution in [1.29, 1.82) is 0 Å². The molecule has 0 unspecified atom stereocenters. The minimum Gasteiger partial charge on any atom is -0.275 e. The van der Waals surface area contributed by atoms with Crippen molar-refractivity contribution in [3.8, 4) is 11.3 Å². The first-order chi connectivity index (χ1) is 12.3. The second kappa shape index (κ2) is 5.20. The van der Waals surface area contributed by atoms with Crippen LogP contribution in [0.2, 0.25) is 0 Å². The Morgan fingerprint density at radius 1 is 1.04 bits per heavy atom. The molecule has 0 bridgehead atoms. The third-order valence-electron chi connectivity index (χ3n) is 4.02. The maximum Gasteiger partial charge on any atom is 0.221 e. The highest BCUT2D eigenvalue weighted by Gasteiger charge is 2.11. The summed E-state index contributed by atoms with van der Waals surface area (Å²) in [5.74, 6) is 0. The van der Waals surface area contributed by atoms with Gasteiger partial charge in [-0.2, -0.15) is 10.2 Å². The van der Waals surface area contributed by atoms with Crippen molar-refractivity contribution in [3.05, 3.63) is 54.7 Å². The van der Waals surface area contributed by atoms with Crippen molar-refractivity contribution in [2.24, 2.45) is 7.05 Å². The van der Waals surface area contributed by atoms with Crippen LogP contribution in [0, 0.1) is 0 Å². The molecular weight excluding hydrogens is 318 g/mol. The van der Waals surface area contributed by atoms with Gasteiger partial charge in [0.25, 0.3) is 0 Å².